The second kappa shape index (κ2) is 4.97. The Labute approximate surface area is 79.2 Å². The lowest BCUT2D eigenvalue weighted by Gasteiger charge is -2.10. The first-order valence-electron chi connectivity index (χ1n) is 4.92. The minimum absolute atomic E-state index is 0.0439. The van der Waals surface area contributed by atoms with Gasteiger partial charge in [0, 0.05) is 6.54 Å². The number of unbranched alkanes of at least 4 members (excludes halogenated alkanes) is 1. The normalized spacial score (nSPS) is 13.2. The summed E-state index contributed by atoms with van der Waals surface area (Å²) < 4.78 is 2.00. The highest BCUT2D eigenvalue weighted by molar-refractivity contribution is 4.93. The van der Waals surface area contributed by atoms with Crippen molar-refractivity contribution < 1.29 is 0 Å². The SMILES string of the molecule is CCCC[C@H](N)c1nncn1CC. The van der Waals surface area contributed by atoms with Crippen LogP contribution < -0.4 is 5.73 Å². The molecule has 1 heterocycles. The molecule has 4 nitrogen and oxygen atoms in total. The fourth-order valence-electron chi connectivity index (χ4n) is 1.35. The second-order valence-corrected chi connectivity index (χ2v) is 3.22. The summed E-state index contributed by atoms with van der Waals surface area (Å²) in [6.45, 7) is 5.12. The predicted molar refractivity (Wildman–Crippen MR) is 52.1 cm³/mol. The molecule has 1 atom stereocenters. The highest BCUT2D eigenvalue weighted by atomic mass is 15.3. The Morgan fingerprint density at radius 2 is 2.31 bits per heavy atom. The van der Waals surface area contributed by atoms with Gasteiger partial charge in [0.25, 0.3) is 0 Å². The second-order valence-electron chi connectivity index (χ2n) is 3.22. The van der Waals surface area contributed by atoms with Crippen LogP contribution in [0, 0.1) is 0 Å². The molecule has 0 aliphatic carbocycles. The first kappa shape index (κ1) is 10.2. The van der Waals surface area contributed by atoms with Gasteiger partial charge < -0.3 is 10.3 Å². The van der Waals surface area contributed by atoms with Crippen molar-refractivity contribution in [3.63, 3.8) is 0 Å². The zero-order valence-electron chi connectivity index (χ0n) is 8.40. The van der Waals surface area contributed by atoms with E-state index in [0.29, 0.717) is 0 Å². The van der Waals surface area contributed by atoms with Crippen molar-refractivity contribution in [3.8, 4) is 0 Å². The van der Waals surface area contributed by atoms with E-state index in [1.165, 1.54) is 6.42 Å². The highest BCUT2D eigenvalue weighted by Gasteiger charge is 2.11. The van der Waals surface area contributed by atoms with Gasteiger partial charge in [-0.15, -0.1) is 10.2 Å². The molecule has 0 fully saturated rings. The van der Waals surface area contributed by atoms with Gasteiger partial charge in [0.1, 0.15) is 12.2 Å². The van der Waals surface area contributed by atoms with Crippen LogP contribution in [0.2, 0.25) is 0 Å². The molecule has 13 heavy (non-hydrogen) atoms. The molecule has 0 spiro atoms. The Hall–Kier alpha value is -0.900. The Balaban J connectivity index is 2.59. The first-order valence-corrected chi connectivity index (χ1v) is 4.92. The van der Waals surface area contributed by atoms with E-state index in [0.717, 1.165) is 25.2 Å². The number of hydrogen-bond acceptors (Lipinski definition) is 3. The third kappa shape index (κ3) is 2.52. The molecule has 0 unspecified atom stereocenters. The number of nitrogens with two attached hydrogens (primary N) is 1. The average molecular weight is 182 g/mol. The third-order valence-electron chi connectivity index (χ3n) is 2.19. The molecular weight excluding hydrogens is 164 g/mol. The monoisotopic (exact) mass is 182 g/mol. The van der Waals surface area contributed by atoms with Gasteiger partial charge in [-0.3, -0.25) is 0 Å². The molecular formula is C9H18N4. The summed E-state index contributed by atoms with van der Waals surface area (Å²) >= 11 is 0. The van der Waals surface area contributed by atoms with Gasteiger partial charge >= 0.3 is 0 Å². The largest absolute Gasteiger partial charge is 0.321 e. The van der Waals surface area contributed by atoms with Crippen LogP contribution in [0.1, 0.15) is 45.0 Å². The van der Waals surface area contributed by atoms with Crippen LogP contribution in [0.15, 0.2) is 6.33 Å². The lowest BCUT2D eigenvalue weighted by atomic mass is 10.1. The molecule has 0 amide bonds. The van der Waals surface area contributed by atoms with E-state index < -0.39 is 0 Å². The van der Waals surface area contributed by atoms with Crippen LogP contribution in [0.4, 0.5) is 0 Å². The molecule has 0 aliphatic heterocycles. The van der Waals surface area contributed by atoms with Gasteiger partial charge in [0.2, 0.25) is 0 Å². The van der Waals surface area contributed by atoms with Gasteiger partial charge in [-0.05, 0) is 13.3 Å². The molecule has 1 aromatic rings. The smallest absolute Gasteiger partial charge is 0.149 e. The summed E-state index contributed by atoms with van der Waals surface area (Å²) in [6, 6.07) is 0.0439. The van der Waals surface area contributed by atoms with Crippen molar-refractivity contribution in [2.75, 3.05) is 0 Å². The molecule has 1 rings (SSSR count). The zero-order chi connectivity index (χ0) is 9.68. The molecule has 4 heteroatoms. The quantitative estimate of drug-likeness (QED) is 0.750. The average Bonchev–Trinajstić information content (AvgIpc) is 2.61. The van der Waals surface area contributed by atoms with E-state index in [9.17, 15) is 0 Å². The van der Waals surface area contributed by atoms with Gasteiger partial charge in [-0.25, -0.2) is 0 Å². The summed E-state index contributed by atoms with van der Waals surface area (Å²) in [5, 5.41) is 7.88. The van der Waals surface area contributed by atoms with Crippen LogP contribution in [-0.4, -0.2) is 14.8 Å². The number of rotatable bonds is 5. The van der Waals surface area contributed by atoms with Crippen LogP contribution >= 0.6 is 0 Å². The molecule has 74 valence electrons. The summed E-state index contributed by atoms with van der Waals surface area (Å²) in [6.07, 6.45) is 5.06. The van der Waals surface area contributed by atoms with Crippen molar-refractivity contribution in [2.24, 2.45) is 5.73 Å². The molecule has 1 aromatic heterocycles. The van der Waals surface area contributed by atoms with Crippen LogP contribution in [0.25, 0.3) is 0 Å². The maximum Gasteiger partial charge on any atom is 0.149 e. The maximum absolute atomic E-state index is 5.98. The summed E-state index contributed by atoms with van der Waals surface area (Å²) in [5.41, 5.74) is 5.98. The first-order chi connectivity index (χ1) is 6.29. The number of aromatic nitrogens is 3. The third-order valence-corrected chi connectivity index (χ3v) is 2.19. The van der Waals surface area contributed by atoms with E-state index in [1.54, 1.807) is 6.33 Å². The highest BCUT2D eigenvalue weighted by Crippen LogP contribution is 2.13. The molecule has 0 saturated heterocycles. The summed E-state index contributed by atoms with van der Waals surface area (Å²) in [7, 11) is 0. The topological polar surface area (TPSA) is 56.7 Å². The minimum atomic E-state index is 0.0439. The predicted octanol–water partition coefficient (Wildman–Crippen LogP) is 1.49. The lowest BCUT2D eigenvalue weighted by Crippen LogP contribution is -2.16. The Morgan fingerprint density at radius 3 is 2.92 bits per heavy atom. The van der Waals surface area contributed by atoms with Crippen LogP contribution in [-0.2, 0) is 6.54 Å². The van der Waals surface area contributed by atoms with E-state index >= 15 is 0 Å². The van der Waals surface area contributed by atoms with Crippen LogP contribution in [0.3, 0.4) is 0 Å². The lowest BCUT2D eigenvalue weighted by molar-refractivity contribution is 0.541. The van der Waals surface area contributed by atoms with E-state index in [2.05, 4.69) is 24.0 Å². The van der Waals surface area contributed by atoms with Gasteiger partial charge in [-0.1, -0.05) is 19.8 Å². The Kier molecular flexibility index (Phi) is 3.89. The summed E-state index contributed by atoms with van der Waals surface area (Å²) in [5.74, 6) is 0.913. The summed E-state index contributed by atoms with van der Waals surface area (Å²) in [4.78, 5) is 0. The molecule has 0 saturated carbocycles. The van der Waals surface area contributed by atoms with Crippen LogP contribution in [0.5, 0.6) is 0 Å². The Morgan fingerprint density at radius 1 is 1.54 bits per heavy atom. The molecule has 0 aliphatic rings. The number of nitrogens with zero attached hydrogens (tertiary/aromatic N) is 3. The maximum atomic E-state index is 5.98. The van der Waals surface area contributed by atoms with E-state index in [1.807, 2.05) is 4.57 Å². The van der Waals surface area contributed by atoms with Crippen molar-refractivity contribution in [2.45, 2.75) is 45.7 Å². The van der Waals surface area contributed by atoms with Gasteiger partial charge in [-0.2, -0.15) is 0 Å². The van der Waals surface area contributed by atoms with Gasteiger partial charge in [0.15, 0.2) is 0 Å². The fraction of sp³-hybridized carbons (Fsp3) is 0.778. The van der Waals surface area contributed by atoms with Crippen molar-refractivity contribution in [3.05, 3.63) is 12.2 Å². The van der Waals surface area contributed by atoms with Gasteiger partial charge in [0.05, 0.1) is 6.04 Å². The molecule has 0 radical (unpaired) electrons. The molecule has 0 bridgehead atoms. The van der Waals surface area contributed by atoms with E-state index in [-0.39, 0.29) is 6.04 Å². The Bertz CT molecular complexity index is 244. The zero-order valence-corrected chi connectivity index (χ0v) is 8.40. The molecule has 2 N–H and O–H groups in total. The standard InChI is InChI=1S/C9H18N4/c1-3-5-6-8(10)9-12-11-7-13(9)4-2/h7-8H,3-6,10H2,1-2H3/t8-/m0/s1. The number of aryl methyl sites for hydroxylation is 1. The van der Waals surface area contributed by atoms with E-state index in [4.69, 9.17) is 5.73 Å². The minimum Gasteiger partial charge on any atom is -0.321 e. The molecule has 0 aromatic carbocycles. The van der Waals surface area contributed by atoms with Crippen molar-refractivity contribution in [1.82, 2.24) is 14.8 Å². The number of hydrogen-bond donors (Lipinski definition) is 1. The van der Waals surface area contributed by atoms with Crippen molar-refractivity contribution in [1.29, 1.82) is 0 Å². The van der Waals surface area contributed by atoms with Crippen molar-refractivity contribution >= 4 is 0 Å². The fourth-order valence-corrected chi connectivity index (χ4v) is 1.35.